The van der Waals surface area contributed by atoms with Crippen LogP contribution in [0.1, 0.15) is 21.5 Å². The predicted molar refractivity (Wildman–Crippen MR) is 73.9 cm³/mol. The van der Waals surface area contributed by atoms with Crippen molar-refractivity contribution in [3.8, 4) is 11.8 Å². The lowest BCUT2D eigenvalue weighted by molar-refractivity contribution is 0.103. The molecule has 0 heterocycles. The van der Waals surface area contributed by atoms with Crippen LogP contribution in [-0.4, -0.2) is 11.7 Å². The number of rotatable bonds is 2. The number of hydrogen-bond donors (Lipinski definition) is 0. The van der Waals surface area contributed by atoms with E-state index in [0.717, 1.165) is 0 Å². The summed E-state index contributed by atoms with van der Waals surface area (Å²) in [4.78, 5) is 12.3. The molecule has 0 aliphatic heterocycles. The van der Waals surface area contributed by atoms with E-state index in [9.17, 15) is 4.79 Å². The molecule has 88 valence electrons. The molecule has 0 unspecified atom stereocenters. The van der Waals surface area contributed by atoms with Crippen LogP contribution in [0.5, 0.6) is 0 Å². The summed E-state index contributed by atoms with van der Waals surface area (Å²) in [5.74, 6) is 5.92. The predicted octanol–water partition coefficient (Wildman–Crippen LogP) is 3.51. The third-order valence-corrected chi connectivity index (χ3v) is 2.63. The van der Waals surface area contributed by atoms with Crippen LogP contribution in [0.2, 0.25) is 0 Å². The minimum atomic E-state index is -0.0185. The summed E-state index contributed by atoms with van der Waals surface area (Å²) in [6.07, 6.45) is 0. The monoisotopic (exact) mass is 254 g/mol. The van der Waals surface area contributed by atoms with Gasteiger partial charge in [-0.1, -0.05) is 54.3 Å². The summed E-state index contributed by atoms with van der Waals surface area (Å²) in [5.41, 5.74) is 1.99. The highest BCUT2D eigenvalue weighted by Gasteiger charge is 2.11. The van der Waals surface area contributed by atoms with Crippen LogP contribution in [0.3, 0.4) is 0 Å². The van der Waals surface area contributed by atoms with E-state index in [1.54, 1.807) is 18.2 Å². The highest BCUT2D eigenvalue weighted by atomic mass is 35.5. The van der Waals surface area contributed by atoms with Gasteiger partial charge in [0.05, 0.1) is 5.88 Å². The molecular formula is C16H11ClO. The van der Waals surface area contributed by atoms with Crippen molar-refractivity contribution in [1.82, 2.24) is 0 Å². The van der Waals surface area contributed by atoms with E-state index < -0.39 is 0 Å². The quantitative estimate of drug-likeness (QED) is 0.455. The van der Waals surface area contributed by atoms with Gasteiger partial charge < -0.3 is 0 Å². The van der Waals surface area contributed by atoms with Crippen LogP contribution < -0.4 is 0 Å². The van der Waals surface area contributed by atoms with Crippen LogP contribution in [0.4, 0.5) is 0 Å². The van der Waals surface area contributed by atoms with E-state index in [2.05, 4.69) is 11.8 Å². The molecule has 2 aromatic rings. The first-order valence-electron chi connectivity index (χ1n) is 5.56. The SMILES string of the molecule is O=C(c1ccccc1)c1ccccc1C#CCCl. The van der Waals surface area contributed by atoms with Gasteiger partial charge in [0.25, 0.3) is 0 Å². The second kappa shape index (κ2) is 6.05. The zero-order chi connectivity index (χ0) is 12.8. The fraction of sp³-hybridized carbons (Fsp3) is 0.0625. The topological polar surface area (TPSA) is 17.1 Å². The zero-order valence-corrected chi connectivity index (χ0v) is 10.4. The first kappa shape index (κ1) is 12.4. The zero-order valence-electron chi connectivity index (χ0n) is 9.69. The Labute approximate surface area is 111 Å². The van der Waals surface area contributed by atoms with Gasteiger partial charge >= 0.3 is 0 Å². The summed E-state index contributed by atoms with van der Waals surface area (Å²) in [7, 11) is 0. The molecule has 0 aromatic heterocycles. The second-order valence-corrected chi connectivity index (χ2v) is 3.94. The lowest BCUT2D eigenvalue weighted by atomic mass is 9.99. The Morgan fingerprint density at radius 2 is 1.67 bits per heavy atom. The standard InChI is InChI=1S/C16H11ClO/c17-12-6-10-13-7-4-5-11-15(13)16(18)14-8-2-1-3-9-14/h1-5,7-9,11H,12H2. The number of alkyl halides is 1. The normalized spacial score (nSPS) is 9.39. The highest BCUT2D eigenvalue weighted by Crippen LogP contribution is 2.13. The summed E-state index contributed by atoms with van der Waals surface area (Å²) < 4.78 is 0. The van der Waals surface area contributed by atoms with Crippen molar-refractivity contribution < 1.29 is 4.79 Å². The number of ketones is 1. The number of benzene rings is 2. The van der Waals surface area contributed by atoms with Crippen LogP contribution in [0.15, 0.2) is 54.6 Å². The Balaban J connectivity index is 2.42. The van der Waals surface area contributed by atoms with Gasteiger partial charge in [-0.05, 0) is 12.1 Å². The third kappa shape index (κ3) is 2.80. The number of carbonyl (C=O) groups is 1. The molecule has 0 radical (unpaired) electrons. The van der Waals surface area contributed by atoms with Gasteiger partial charge in [-0.25, -0.2) is 0 Å². The van der Waals surface area contributed by atoms with Crippen molar-refractivity contribution in [2.24, 2.45) is 0 Å². The third-order valence-electron chi connectivity index (χ3n) is 2.50. The molecule has 0 saturated carbocycles. The Hall–Kier alpha value is -2.04. The lowest BCUT2D eigenvalue weighted by Gasteiger charge is -2.03. The van der Waals surface area contributed by atoms with E-state index in [-0.39, 0.29) is 11.7 Å². The van der Waals surface area contributed by atoms with Gasteiger partial charge in [0.1, 0.15) is 0 Å². The van der Waals surface area contributed by atoms with Crippen molar-refractivity contribution in [3.63, 3.8) is 0 Å². The molecule has 2 heteroatoms. The molecule has 0 aliphatic carbocycles. The molecule has 0 aliphatic rings. The van der Waals surface area contributed by atoms with Crippen LogP contribution >= 0.6 is 11.6 Å². The van der Waals surface area contributed by atoms with Crippen molar-refractivity contribution in [2.75, 3.05) is 5.88 Å². The smallest absolute Gasteiger partial charge is 0.194 e. The fourth-order valence-electron chi connectivity index (χ4n) is 1.66. The van der Waals surface area contributed by atoms with Gasteiger partial charge in [0.15, 0.2) is 5.78 Å². The van der Waals surface area contributed by atoms with Gasteiger partial charge in [0.2, 0.25) is 0 Å². The maximum absolute atomic E-state index is 12.3. The average molecular weight is 255 g/mol. The molecule has 0 bridgehead atoms. The Morgan fingerprint density at radius 1 is 1.00 bits per heavy atom. The summed E-state index contributed by atoms with van der Waals surface area (Å²) in [5, 5.41) is 0. The molecule has 0 N–H and O–H groups in total. The molecule has 0 atom stereocenters. The Morgan fingerprint density at radius 3 is 2.39 bits per heavy atom. The number of halogens is 1. The van der Waals surface area contributed by atoms with Gasteiger partial charge in [0, 0.05) is 16.7 Å². The van der Waals surface area contributed by atoms with E-state index in [4.69, 9.17) is 11.6 Å². The van der Waals surface area contributed by atoms with Crippen molar-refractivity contribution in [1.29, 1.82) is 0 Å². The largest absolute Gasteiger partial charge is 0.289 e. The van der Waals surface area contributed by atoms with Gasteiger partial charge in [-0.3, -0.25) is 4.79 Å². The number of hydrogen-bond acceptors (Lipinski definition) is 1. The van der Waals surface area contributed by atoms with Crippen molar-refractivity contribution >= 4 is 17.4 Å². The van der Waals surface area contributed by atoms with Crippen LogP contribution in [-0.2, 0) is 0 Å². The average Bonchev–Trinajstić information content (AvgIpc) is 2.45. The van der Waals surface area contributed by atoms with Crippen LogP contribution in [0.25, 0.3) is 0 Å². The second-order valence-electron chi connectivity index (χ2n) is 3.68. The summed E-state index contributed by atoms with van der Waals surface area (Å²) >= 11 is 5.54. The Kier molecular flexibility index (Phi) is 4.17. The molecule has 0 fully saturated rings. The first-order chi connectivity index (χ1) is 8.83. The molecule has 2 aromatic carbocycles. The maximum atomic E-state index is 12.3. The Bertz CT molecular complexity index is 606. The molecule has 18 heavy (non-hydrogen) atoms. The summed E-state index contributed by atoms with van der Waals surface area (Å²) in [6.45, 7) is 0. The van der Waals surface area contributed by atoms with Gasteiger partial charge in [-0.2, -0.15) is 0 Å². The van der Waals surface area contributed by atoms with E-state index in [0.29, 0.717) is 16.7 Å². The molecule has 1 nitrogen and oxygen atoms in total. The fourth-order valence-corrected chi connectivity index (χ4v) is 1.73. The van der Waals surface area contributed by atoms with Crippen molar-refractivity contribution in [3.05, 3.63) is 71.3 Å². The minimum Gasteiger partial charge on any atom is -0.289 e. The molecule has 0 saturated heterocycles. The molecule has 0 spiro atoms. The summed E-state index contributed by atoms with van der Waals surface area (Å²) in [6, 6.07) is 16.5. The molecular weight excluding hydrogens is 244 g/mol. The van der Waals surface area contributed by atoms with E-state index in [1.807, 2.05) is 36.4 Å². The van der Waals surface area contributed by atoms with E-state index in [1.165, 1.54) is 0 Å². The minimum absolute atomic E-state index is 0.0185. The highest BCUT2D eigenvalue weighted by molar-refractivity contribution is 6.19. The first-order valence-corrected chi connectivity index (χ1v) is 6.10. The molecule has 2 rings (SSSR count). The maximum Gasteiger partial charge on any atom is 0.194 e. The number of carbonyl (C=O) groups excluding carboxylic acids is 1. The van der Waals surface area contributed by atoms with Gasteiger partial charge in [-0.15, -0.1) is 11.6 Å². The molecule has 0 amide bonds. The lowest BCUT2D eigenvalue weighted by Crippen LogP contribution is -2.03. The van der Waals surface area contributed by atoms with E-state index >= 15 is 0 Å². The van der Waals surface area contributed by atoms with Crippen LogP contribution in [0, 0.1) is 11.8 Å². The van der Waals surface area contributed by atoms with Crippen molar-refractivity contribution in [2.45, 2.75) is 0 Å².